The highest BCUT2D eigenvalue weighted by atomic mass is 16.5. The summed E-state index contributed by atoms with van der Waals surface area (Å²) in [4.78, 5) is 11.1. The largest absolute Gasteiger partial charge is 0.504 e. The lowest BCUT2D eigenvalue weighted by atomic mass is 9.98. The van der Waals surface area contributed by atoms with E-state index in [1.54, 1.807) is 24.3 Å². The smallest absolute Gasteiger partial charge is 0.161 e. The number of aliphatic hydroxyl groups excluding tert-OH is 1. The third-order valence-corrected chi connectivity index (χ3v) is 2.93. The number of rotatable bonds is 4. The standard InChI is InChI=1S/C15H14O4/c1-19-15-6-12(9-17)13(7-14(15)18)11-4-2-10(8-16)3-5-11/h2-7,9,16,18H,8H2,1H3. The molecule has 2 N–H and O–H groups in total. The minimum Gasteiger partial charge on any atom is -0.504 e. The van der Waals surface area contributed by atoms with E-state index in [-0.39, 0.29) is 18.1 Å². The maximum absolute atomic E-state index is 11.1. The Bertz CT molecular complexity index is 588. The van der Waals surface area contributed by atoms with Crippen molar-refractivity contribution in [2.75, 3.05) is 7.11 Å². The highest BCUT2D eigenvalue weighted by molar-refractivity contribution is 5.89. The average Bonchev–Trinajstić information content (AvgIpc) is 2.47. The summed E-state index contributed by atoms with van der Waals surface area (Å²) in [5.74, 6) is 0.243. The zero-order valence-corrected chi connectivity index (χ0v) is 10.5. The predicted molar refractivity (Wildman–Crippen MR) is 71.4 cm³/mol. The van der Waals surface area contributed by atoms with Crippen LogP contribution in [0.4, 0.5) is 0 Å². The second kappa shape index (κ2) is 5.54. The fourth-order valence-corrected chi connectivity index (χ4v) is 1.88. The summed E-state index contributed by atoms with van der Waals surface area (Å²) < 4.78 is 4.97. The molecule has 19 heavy (non-hydrogen) atoms. The molecule has 0 aromatic heterocycles. The summed E-state index contributed by atoms with van der Waals surface area (Å²) in [5.41, 5.74) is 2.63. The van der Waals surface area contributed by atoms with Gasteiger partial charge in [0.15, 0.2) is 17.8 Å². The first-order valence-electron chi connectivity index (χ1n) is 5.76. The number of benzene rings is 2. The molecule has 0 unspecified atom stereocenters. The Balaban J connectivity index is 2.53. The Hall–Kier alpha value is -2.33. The number of phenols is 1. The zero-order valence-electron chi connectivity index (χ0n) is 10.5. The van der Waals surface area contributed by atoms with Gasteiger partial charge in [0.2, 0.25) is 0 Å². The van der Waals surface area contributed by atoms with Gasteiger partial charge < -0.3 is 14.9 Å². The van der Waals surface area contributed by atoms with Gasteiger partial charge in [0, 0.05) is 5.56 Å². The molecule has 0 saturated heterocycles. The molecule has 2 aromatic rings. The SMILES string of the molecule is COc1cc(C=O)c(-c2ccc(CO)cc2)cc1O. The monoisotopic (exact) mass is 258 g/mol. The van der Waals surface area contributed by atoms with Crippen molar-refractivity contribution in [2.45, 2.75) is 6.61 Å². The molecule has 2 aromatic carbocycles. The van der Waals surface area contributed by atoms with Crippen LogP contribution in [0.25, 0.3) is 11.1 Å². The highest BCUT2D eigenvalue weighted by Gasteiger charge is 2.11. The van der Waals surface area contributed by atoms with Crippen LogP contribution in [-0.4, -0.2) is 23.6 Å². The van der Waals surface area contributed by atoms with Crippen LogP contribution < -0.4 is 4.74 Å². The lowest BCUT2D eigenvalue weighted by molar-refractivity contribution is 0.112. The van der Waals surface area contributed by atoms with E-state index in [0.29, 0.717) is 11.1 Å². The Labute approximate surface area is 110 Å². The van der Waals surface area contributed by atoms with E-state index in [0.717, 1.165) is 17.4 Å². The lowest BCUT2D eigenvalue weighted by Gasteiger charge is -2.10. The van der Waals surface area contributed by atoms with Crippen LogP contribution in [0, 0.1) is 0 Å². The molecule has 98 valence electrons. The predicted octanol–water partition coefficient (Wildman–Crippen LogP) is 2.37. The molecule has 0 spiro atoms. The van der Waals surface area contributed by atoms with Crippen molar-refractivity contribution in [3.05, 3.63) is 47.5 Å². The number of hydrogen-bond donors (Lipinski definition) is 2. The highest BCUT2D eigenvalue weighted by Crippen LogP contribution is 2.34. The summed E-state index contributed by atoms with van der Waals surface area (Å²) in [5, 5.41) is 18.8. The number of aliphatic hydroxyl groups is 1. The van der Waals surface area contributed by atoms with E-state index in [4.69, 9.17) is 9.84 Å². The van der Waals surface area contributed by atoms with Crippen molar-refractivity contribution in [3.8, 4) is 22.6 Å². The van der Waals surface area contributed by atoms with Gasteiger partial charge in [-0.15, -0.1) is 0 Å². The van der Waals surface area contributed by atoms with Crippen LogP contribution in [0.3, 0.4) is 0 Å². The van der Waals surface area contributed by atoms with Crippen molar-refractivity contribution < 1.29 is 19.7 Å². The summed E-state index contributed by atoms with van der Waals surface area (Å²) in [6.45, 7) is -0.0331. The Kier molecular flexibility index (Phi) is 3.82. The Morgan fingerprint density at radius 3 is 2.42 bits per heavy atom. The molecule has 0 radical (unpaired) electrons. The van der Waals surface area contributed by atoms with Crippen molar-refractivity contribution in [2.24, 2.45) is 0 Å². The molecule has 0 amide bonds. The number of ether oxygens (including phenoxy) is 1. The average molecular weight is 258 g/mol. The fourth-order valence-electron chi connectivity index (χ4n) is 1.88. The fraction of sp³-hybridized carbons (Fsp3) is 0.133. The molecule has 0 aliphatic carbocycles. The minimum absolute atomic E-state index is 0.0191. The van der Waals surface area contributed by atoms with E-state index in [2.05, 4.69) is 0 Å². The number of aldehydes is 1. The topological polar surface area (TPSA) is 66.8 Å². The molecular formula is C15H14O4. The quantitative estimate of drug-likeness (QED) is 0.826. The molecule has 0 fully saturated rings. The van der Waals surface area contributed by atoms with Gasteiger partial charge in [0.25, 0.3) is 0 Å². The number of carbonyl (C=O) groups is 1. The Morgan fingerprint density at radius 1 is 1.21 bits per heavy atom. The molecule has 0 atom stereocenters. The molecule has 4 heteroatoms. The molecule has 0 bridgehead atoms. The van der Waals surface area contributed by atoms with Crippen molar-refractivity contribution in [1.29, 1.82) is 0 Å². The number of hydrogen-bond acceptors (Lipinski definition) is 4. The zero-order chi connectivity index (χ0) is 13.8. The Morgan fingerprint density at radius 2 is 1.89 bits per heavy atom. The third kappa shape index (κ3) is 2.58. The van der Waals surface area contributed by atoms with Gasteiger partial charge in [-0.3, -0.25) is 4.79 Å². The van der Waals surface area contributed by atoms with E-state index in [1.165, 1.54) is 19.2 Å². The van der Waals surface area contributed by atoms with Crippen LogP contribution >= 0.6 is 0 Å². The summed E-state index contributed by atoms with van der Waals surface area (Å²) in [6.07, 6.45) is 0.719. The molecule has 0 aliphatic rings. The molecule has 0 heterocycles. The summed E-state index contributed by atoms with van der Waals surface area (Å²) >= 11 is 0. The van der Waals surface area contributed by atoms with Gasteiger partial charge in [0.05, 0.1) is 13.7 Å². The van der Waals surface area contributed by atoms with E-state index < -0.39 is 0 Å². The van der Waals surface area contributed by atoms with Crippen molar-refractivity contribution in [3.63, 3.8) is 0 Å². The first-order chi connectivity index (χ1) is 9.19. The minimum atomic E-state index is -0.0331. The normalized spacial score (nSPS) is 10.2. The van der Waals surface area contributed by atoms with Gasteiger partial charge in [-0.1, -0.05) is 24.3 Å². The van der Waals surface area contributed by atoms with Crippen LogP contribution in [0.2, 0.25) is 0 Å². The van der Waals surface area contributed by atoms with Crippen LogP contribution in [-0.2, 0) is 6.61 Å². The van der Waals surface area contributed by atoms with E-state index in [1.807, 2.05) is 0 Å². The molecule has 2 rings (SSSR count). The first kappa shape index (κ1) is 13.1. The van der Waals surface area contributed by atoms with Crippen LogP contribution in [0.1, 0.15) is 15.9 Å². The molecule has 0 saturated carbocycles. The van der Waals surface area contributed by atoms with E-state index >= 15 is 0 Å². The van der Waals surface area contributed by atoms with Gasteiger partial charge in [0.1, 0.15) is 0 Å². The first-order valence-corrected chi connectivity index (χ1v) is 5.76. The molecule has 0 aliphatic heterocycles. The van der Waals surface area contributed by atoms with E-state index in [9.17, 15) is 9.90 Å². The van der Waals surface area contributed by atoms with Crippen LogP contribution in [0.15, 0.2) is 36.4 Å². The van der Waals surface area contributed by atoms with Crippen molar-refractivity contribution >= 4 is 6.29 Å². The second-order valence-corrected chi connectivity index (χ2v) is 4.08. The second-order valence-electron chi connectivity index (χ2n) is 4.08. The summed E-state index contributed by atoms with van der Waals surface area (Å²) in [7, 11) is 1.43. The molecular weight excluding hydrogens is 244 g/mol. The number of carbonyl (C=O) groups excluding carboxylic acids is 1. The number of aromatic hydroxyl groups is 1. The van der Waals surface area contributed by atoms with Gasteiger partial charge >= 0.3 is 0 Å². The number of methoxy groups -OCH3 is 1. The maximum atomic E-state index is 11.1. The number of phenolic OH excluding ortho intramolecular Hbond substituents is 1. The van der Waals surface area contributed by atoms with Crippen molar-refractivity contribution in [1.82, 2.24) is 0 Å². The van der Waals surface area contributed by atoms with Gasteiger partial charge in [-0.2, -0.15) is 0 Å². The van der Waals surface area contributed by atoms with Crippen LogP contribution in [0.5, 0.6) is 11.5 Å². The third-order valence-electron chi connectivity index (χ3n) is 2.93. The van der Waals surface area contributed by atoms with Gasteiger partial charge in [-0.05, 0) is 28.8 Å². The van der Waals surface area contributed by atoms with Gasteiger partial charge in [-0.25, -0.2) is 0 Å². The summed E-state index contributed by atoms with van der Waals surface area (Å²) in [6, 6.07) is 10.1. The molecule has 4 nitrogen and oxygen atoms in total. The maximum Gasteiger partial charge on any atom is 0.161 e. The lowest BCUT2D eigenvalue weighted by Crippen LogP contribution is -1.92.